The number of ketones is 3. The van der Waals surface area contributed by atoms with Gasteiger partial charge < -0.3 is 25.2 Å². The van der Waals surface area contributed by atoms with Crippen LogP contribution >= 0.6 is 15.9 Å². The van der Waals surface area contributed by atoms with Crippen molar-refractivity contribution in [1.29, 1.82) is 0 Å². The number of hydrogen-bond acceptors (Lipinski definition) is 8. The lowest BCUT2D eigenvalue weighted by molar-refractivity contribution is -0.346. The fourth-order valence-corrected chi connectivity index (χ4v) is 2.99. The zero-order valence-electron chi connectivity index (χ0n) is 11.0. The van der Waals surface area contributed by atoms with Crippen LogP contribution in [0.15, 0.2) is 0 Å². The highest BCUT2D eigenvalue weighted by atomic mass is 79.9. The number of halogens is 1. The molecule has 4 atom stereocenters. The van der Waals surface area contributed by atoms with Gasteiger partial charge in [-0.05, 0) is 36.7 Å². The van der Waals surface area contributed by atoms with Gasteiger partial charge >= 0.3 is 0 Å². The van der Waals surface area contributed by atoms with E-state index in [-0.39, 0.29) is 0 Å². The molecule has 1 aliphatic heterocycles. The van der Waals surface area contributed by atoms with Gasteiger partial charge in [-0.3, -0.25) is 14.4 Å². The first-order valence-corrected chi connectivity index (χ1v) is 6.34. The molecule has 9 heteroatoms. The molecule has 1 saturated heterocycles. The Morgan fingerprint density at radius 1 is 0.900 bits per heavy atom. The molecular formula is C11H15BrO8. The Morgan fingerprint density at radius 3 is 1.60 bits per heavy atom. The Kier molecular flexibility index (Phi) is 4.03. The van der Waals surface area contributed by atoms with Crippen molar-refractivity contribution in [3.8, 4) is 0 Å². The van der Waals surface area contributed by atoms with Gasteiger partial charge in [-0.25, -0.2) is 0 Å². The summed E-state index contributed by atoms with van der Waals surface area (Å²) < 4.78 is 1.83. The van der Waals surface area contributed by atoms with Crippen molar-refractivity contribution >= 4 is 33.3 Å². The largest absolute Gasteiger partial charge is 0.376 e. The Hall–Kier alpha value is -0.710. The number of carbonyl (C=O) groups is 3. The van der Waals surface area contributed by atoms with Crippen LogP contribution in [0.2, 0.25) is 0 Å². The summed E-state index contributed by atoms with van der Waals surface area (Å²) in [6, 6.07) is 0. The van der Waals surface area contributed by atoms with Crippen molar-refractivity contribution in [3.63, 3.8) is 0 Å². The van der Waals surface area contributed by atoms with Gasteiger partial charge in [0.05, 0.1) is 6.61 Å². The highest BCUT2D eigenvalue weighted by molar-refractivity contribution is 9.10. The second-order valence-corrected chi connectivity index (χ2v) is 5.87. The average molecular weight is 355 g/mol. The third-order valence-corrected chi connectivity index (χ3v) is 4.44. The van der Waals surface area contributed by atoms with Gasteiger partial charge in [0, 0.05) is 0 Å². The molecule has 0 bridgehead atoms. The van der Waals surface area contributed by atoms with Gasteiger partial charge in [0.15, 0.2) is 23.0 Å². The smallest absolute Gasteiger partial charge is 0.265 e. The first kappa shape index (κ1) is 17.3. The number of rotatable bonds is 3. The number of hydrogen-bond donors (Lipinski definition) is 4. The van der Waals surface area contributed by atoms with Gasteiger partial charge in [0.2, 0.25) is 11.2 Å². The summed E-state index contributed by atoms with van der Waals surface area (Å²) in [4.78, 5) is 35.1. The number of carbonyl (C=O) groups excluding carboxylic acids is 3. The Morgan fingerprint density at radius 2 is 1.30 bits per heavy atom. The molecule has 20 heavy (non-hydrogen) atoms. The average Bonchev–Trinajstić information content (AvgIpc) is 2.31. The molecule has 1 rings (SSSR count). The van der Waals surface area contributed by atoms with E-state index < -0.39 is 45.5 Å². The van der Waals surface area contributed by atoms with Gasteiger partial charge in [-0.1, -0.05) is 0 Å². The quantitative estimate of drug-likeness (QED) is 0.427. The minimum Gasteiger partial charge on any atom is -0.376 e. The maximum Gasteiger partial charge on any atom is 0.265 e. The number of alkyl halides is 1. The van der Waals surface area contributed by atoms with Crippen molar-refractivity contribution in [1.82, 2.24) is 0 Å². The predicted molar refractivity (Wildman–Crippen MR) is 66.7 cm³/mol. The zero-order chi connectivity index (χ0) is 16.1. The van der Waals surface area contributed by atoms with E-state index in [1.54, 1.807) is 0 Å². The summed E-state index contributed by atoms with van der Waals surface area (Å²) in [6.07, 6.45) is 0. The maximum atomic E-state index is 11.8. The standard InChI is InChI=1S/C11H15BrO8/c1-5(13)8(16)4-20-11(12,19)10(18,7(3)15)9(8,17)6(2)14/h16-19H,4H2,1-3H3/t8-,9-,10+,11-/m0/s1. The molecule has 4 N–H and O–H groups in total. The molecule has 0 aromatic rings. The number of ether oxygens (including phenoxy) is 1. The molecule has 8 nitrogen and oxygen atoms in total. The Balaban J connectivity index is 3.77. The van der Waals surface area contributed by atoms with E-state index in [9.17, 15) is 34.8 Å². The summed E-state index contributed by atoms with van der Waals surface area (Å²) in [5.74, 6) is -3.68. The first-order valence-electron chi connectivity index (χ1n) is 5.54. The van der Waals surface area contributed by atoms with E-state index in [2.05, 4.69) is 20.7 Å². The van der Waals surface area contributed by atoms with E-state index in [0.29, 0.717) is 0 Å². The first-order chi connectivity index (χ1) is 8.79. The minimum atomic E-state index is -3.29. The van der Waals surface area contributed by atoms with Crippen LogP contribution in [0.3, 0.4) is 0 Å². The lowest BCUT2D eigenvalue weighted by Crippen LogP contribution is -2.85. The fourth-order valence-electron chi connectivity index (χ4n) is 2.31. The second kappa shape index (κ2) is 4.65. The lowest BCUT2D eigenvalue weighted by Gasteiger charge is -2.56. The van der Waals surface area contributed by atoms with Gasteiger partial charge in [-0.2, -0.15) is 0 Å². The predicted octanol–water partition coefficient (Wildman–Crippen LogP) is -1.98. The van der Waals surface area contributed by atoms with Gasteiger partial charge in [-0.15, -0.1) is 0 Å². The van der Waals surface area contributed by atoms with Gasteiger partial charge in [0.25, 0.3) is 4.70 Å². The van der Waals surface area contributed by atoms with Crippen LogP contribution in [-0.2, 0) is 19.1 Å². The molecule has 1 fully saturated rings. The fraction of sp³-hybridized carbons (Fsp3) is 0.727. The molecule has 0 amide bonds. The van der Waals surface area contributed by atoms with Crippen molar-refractivity contribution in [3.05, 3.63) is 0 Å². The molecule has 0 saturated carbocycles. The molecule has 0 aromatic carbocycles. The molecule has 0 radical (unpaired) electrons. The Labute approximate surface area is 122 Å². The lowest BCUT2D eigenvalue weighted by atomic mass is 9.63. The van der Waals surface area contributed by atoms with E-state index in [4.69, 9.17) is 0 Å². The second-order valence-electron chi connectivity index (χ2n) is 4.80. The van der Waals surface area contributed by atoms with Crippen LogP contribution in [0.4, 0.5) is 0 Å². The number of Topliss-reactive ketones (excluding diaryl/α,β-unsaturated/α-hetero) is 3. The van der Waals surface area contributed by atoms with Crippen molar-refractivity contribution in [2.75, 3.05) is 6.61 Å². The molecule has 0 aliphatic carbocycles. The molecule has 114 valence electrons. The molecular weight excluding hydrogens is 340 g/mol. The highest BCUT2D eigenvalue weighted by Gasteiger charge is 2.79. The van der Waals surface area contributed by atoms with Crippen LogP contribution in [0, 0.1) is 0 Å². The maximum absolute atomic E-state index is 11.8. The van der Waals surface area contributed by atoms with E-state index in [1.165, 1.54) is 0 Å². The Bertz CT molecular complexity index is 489. The molecule has 0 aromatic heterocycles. The van der Waals surface area contributed by atoms with E-state index >= 15 is 0 Å². The number of aliphatic hydroxyl groups is 4. The van der Waals surface area contributed by atoms with Crippen molar-refractivity contribution in [2.24, 2.45) is 0 Å². The zero-order valence-corrected chi connectivity index (χ0v) is 12.6. The summed E-state index contributed by atoms with van der Waals surface area (Å²) in [7, 11) is 0. The molecule has 0 spiro atoms. The normalized spacial score (nSPS) is 45.0. The third-order valence-electron chi connectivity index (χ3n) is 3.64. The van der Waals surface area contributed by atoms with E-state index in [0.717, 1.165) is 20.8 Å². The van der Waals surface area contributed by atoms with Crippen LogP contribution < -0.4 is 0 Å². The van der Waals surface area contributed by atoms with Crippen LogP contribution in [-0.4, -0.2) is 65.9 Å². The summed E-state index contributed by atoms with van der Waals surface area (Å²) in [5, 5.41) is 41.1. The van der Waals surface area contributed by atoms with Crippen molar-refractivity contribution < 1.29 is 39.5 Å². The molecule has 0 unspecified atom stereocenters. The van der Waals surface area contributed by atoms with Crippen LogP contribution in [0.5, 0.6) is 0 Å². The monoisotopic (exact) mass is 354 g/mol. The topological polar surface area (TPSA) is 141 Å². The molecule has 1 heterocycles. The summed E-state index contributed by atoms with van der Waals surface area (Å²) >= 11 is 2.49. The SMILES string of the molecule is CC(=O)[C@@]1(O)[C@](O)(C(C)=O)[C@@](O)(C(C)=O)CO[C@]1(O)Br. The van der Waals surface area contributed by atoms with E-state index in [1.807, 2.05) is 0 Å². The highest BCUT2D eigenvalue weighted by Crippen LogP contribution is 2.49. The van der Waals surface area contributed by atoms with Crippen LogP contribution in [0.1, 0.15) is 20.8 Å². The minimum absolute atomic E-state index is 0.759. The van der Waals surface area contributed by atoms with Crippen LogP contribution in [0.25, 0.3) is 0 Å². The van der Waals surface area contributed by atoms with Gasteiger partial charge in [0.1, 0.15) is 0 Å². The third kappa shape index (κ3) is 1.74. The summed E-state index contributed by atoms with van der Waals surface area (Å²) in [5.41, 5.74) is -9.46. The molecule has 1 aliphatic rings. The summed E-state index contributed by atoms with van der Waals surface area (Å²) in [6.45, 7) is 1.36. The van der Waals surface area contributed by atoms with Crippen molar-refractivity contribution in [2.45, 2.75) is 42.3 Å².